The largest absolute Gasteiger partial charge is 0.379 e. The molecule has 1 heterocycles. The number of carbonyl (C=O) groups excluding carboxylic acids is 1. The first-order chi connectivity index (χ1) is 14.7. The Balaban J connectivity index is 1.42. The van der Waals surface area contributed by atoms with Gasteiger partial charge in [0.1, 0.15) is 16.5 Å². The third-order valence-corrected chi connectivity index (χ3v) is 6.58. The molecule has 1 amide bonds. The highest BCUT2D eigenvalue weighted by Gasteiger charge is 2.28. The lowest BCUT2D eigenvalue weighted by Gasteiger charge is -2.11. The summed E-state index contributed by atoms with van der Waals surface area (Å²) >= 11 is 0. The Kier molecular flexibility index (Phi) is 5.53. The predicted molar refractivity (Wildman–Crippen MR) is 114 cm³/mol. The Morgan fingerprint density at radius 3 is 2.48 bits per heavy atom. The van der Waals surface area contributed by atoms with Crippen molar-refractivity contribution in [2.75, 3.05) is 0 Å². The van der Waals surface area contributed by atoms with Crippen LogP contribution < -0.4 is 9.50 Å². The summed E-state index contributed by atoms with van der Waals surface area (Å²) in [5, 5.41) is 11.1. The lowest BCUT2D eigenvalue weighted by Crippen LogP contribution is -2.24. The number of nitrogens with one attached hydrogen (secondary N) is 1. The van der Waals surface area contributed by atoms with Crippen LogP contribution in [-0.2, 0) is 16.7 Å². The fourth-order valence-electron chi connectivity index (χ4n) is 3.41. The summed E-state index contributed by atoms with van der Waals surface area (Å²) < 4.78 is 32.6. The van der Waals surface area contributed by atoms with Crippen LogP contribution >= 0.6 is 0 Å². The zero-order valence-electron chi connectivity index (χ0n) is 17.6. The molecule has 0 radical (unpaired) electrons. The molecule has 0 unspecified atom stereocenters. The molecular weight excluding hydrogens is 416 g/mol. The van der Waals surface area contributed by atoms with Crippen LogP contribution in [0.1, 0.15) is 52.0 Å². The normalized spacial score (nSPS) is 13.8. The second-order valence-electron chi connectivity index (χ2n) is 7.78. The molecule has 1 saturated carbocycles. The number of rotatable bonds is 7. The van der Waals surface area contributed by atoms with Gasteiger partial charge >= 0.3 is 10.1 Å². The minimum atomic E-state index is -3.97. The van der Waals surface area contributed by atoms with Crippen LogP contribution in [0.3, 0.4) is 0 Å². The Hall–Kier alpha value is -3.20. The molecule has 3 aromatic rings. The molecule has 162 valence electrons. The molecule has 0 saturated heterocycles. The molecule has 1 aromatic heterocycles. The lowest BCUT2D eigenvalue weighted by molar-refractivity contribution is 0.0949. The van der Waals surface area contributed by atoms with Crippen LogP contribution in [0.2, 0.25) is 0 Å². The number of amides is 1. The van der Waals surface area contributed by atoms with Gasteiger partial charge in [-0.25, -0.2) is 0 Å². The van der Waals surface area contributed by atoms with Crippen molar-refractivity contribution in [2.45, 2.75) is 51.1 Å². The zero-order valence-corrected chi connectivity index (χ0v) is 18.4. The molecule has 0 atom stereocenters. The molecule has 31 heavy (non-hydrogen) atoms. The van der Waals surface area contributed by atoms with Crippen LogP contribution in [-0.4, -0.2) is 29.1 Å². The molecule has 1 aliphatic carbocycles. The van der Waals surface area contributed by atoms with Crippen LogP contribution in [0.25, 0.3) is 0 Å². The maximum Gasteiger partial charge on any atom is 0.339 e. The summed E-state index contributed by atoms with van der Waals surface area (Å²) in [7, 11) is -3.97. The Morgan fingerprint density at radius 2 is 1.81 bits per heavy atom. The molecule has 1 fully saturated rings. The Labute approximate surface area is 181 Å². The van der Waals surface area contributed by atoms with Crippen LogP contribution in [0, 0.1) is 20.8 Å². The number of benzene rings is 2. The van der Waals surface area contributed by atoms with Crippen molar-refractivity contribution in [3.63, 3.8) is 0 Å². The molecule has 9 heteroatoms. The molecule has 4 rings (SSSR count). The third kappa shape index (κ3) is 4.61. The van der Waals surface area contributed by atoms with Crippen LogP contribution in [0.4, 0.5) is 0 Å². The minimum Gasteiger partial charge on any atom is -0.379 e. The van der Waals surface area contributed by atoms with E-state index in [1.807, 2.05) is 19.9 Å². The Bertz CT molecular complexity index is 1230. The van der Waals surface area contributed by atoms with Gasteiger partial charge in [0.15, 0.2) is 5.82 Å². The highest BCUT2D eigenvalue weighted by molar-refractivity contribution is 7.87. The van der Waals surface area contributed by atoms with E-state index < -0.39 is 10.1 Å². The van der Waals surface area contributed by atoms with Crippen molar-refractivity contribution in [3.05, 3.63) is 70.8 Å². The summed E-state index contributed by atoms with van der Waals surface area (Å²) in [6.07, 6.45) is 2.21. The molecule has 0 aliphatic heterocycles. The second-order valence-corrected chi connectivity index (χ2v) is 9.29. The molecule has 8 nitrogen and oxygen atoms in total. The van der Waals surface area contributed by atoms with Gasteiger partial charge in [-0.3, -0.25) is 4.79 Å². The summed E-state index contributed by atoms with van der Waals surface area (Å²) in [6.45, 7) is 5.71. The zero-order chi connectivity index (χ0) is 22.2. The van der Waals surface area contributed by atoms with Crippen LogP contribution in [0.5, 0.6) is 5.75 Å². The van der Waals surface area contributed by atoms with Gasteiger partial charge in [0.2, 0.25) is 0 Å². The predicted octanol–water partition coefficient (Wildman–Crippen LogP) is 3.24. The quantitative estimate of drug-likeness (QED) is 0.566. The molecule has 1 aliphatic rings. The average Bonchev–Trinajstić information content (AvgIpc) is 3.50. The third-order valence-electron chi connectivity index (χ3n) is 5.19. The smallest absolute Gasteiger partial charge is 0.339 e. The van der Waals surface area contributed by atoms with E-state index in [1.165, 1.54) is 24.3 Å². The molecule has 0 spiro atoms. The SMILES string of the molecule is Cc1ccc(C)c(S(=O)(=O)Oc2ccc(C(=O)NCc3nnc(C)n3C3CC3)cc2)c1. The van der Waals surface area contributed by atoms with Gasteiger partial charge in [-0.05, 0) is 75.1 Å². The standard InChI is InChI=1S/C22H24N4O4S/c1-14-4-5-15(2)20(12-14)31(28,29)30-19-10-6-17(7-11-19)22(27)23-13-21-25-24-16(3)26(21)18-8-9-18/h4-7,10-12,18H,8-9,13H2,1-3H3,(H,23,27). The summed E-state index contributed by atoms with van der Waals surface area (Å²) in [6, 6.07) is 11.6. The van der Waals surface area contributed by atoms with Gasteiger partial charge < -0.3 is 14.1 Å². The molecule has 0 bridgehead atoms. The van der Waals surface area contributed by atoms with E-state index in [1.54, 1.807) is 19.1 Å². The fourth-order valence-corrected chi connectivity index (χ4v) is 4.66. The van der Waals surface area contributed by atoms with Crippen molar-refractivity contribution < 1.29 is 17.4 Å². The first-order valence-electron chi connectivity index (χ1n) is 10.0. The van der Waals surface area contributed by atoms with Gasteiger partial charge in [0, 0.05) is 11.6 Å². The number of carbonyl (C=O) groups is 1. The number of hydrogen-bond acceptors (Lipinski definition) is 6. The average molecular weight is 441 g/mol. The summed E-state index contributed by atoms with van der Waals surface area (Å²) in [4.78, 5) is 12.6. The number of aryl methyl sites for hydroxylation is 3. The number of nitrogens with zero attached hydrogens (tertiary/aromatic N) is 3. The highest BCUT2D eigenvalue weighted by Crippen LogP contribution is 2.36. The fraction of sp³-hybridized carbons (Fsp3) is 0.318. The highest BCUT2D eigenvalue weighted by atomic mass is 32.2. The first kappa shape index (κ1) is 21.0. The first-order valence-corrected chi connectivity index (χ1v) is 11.5. The van der Waals surface area contributed by atoms with E-state index >= 15 is 0 Å². The lowest BCUT2D eigenvalue weighted by atomic mass is 10.2. The van der Waals surface area contributed by atoms with E-state index in [-0.39, 0.29) is 23.1 Å². The van der Waals surface area contributed by atoms with E-state index in [4.69, 9.17) is 4.18 Å². The van der Waals surface area contributed by atoms with Crippen LogP contribution in [0.15, 0.2) is 47.4 Å². The van der Waals surface area contributed by atoms with Gasteiger partial charge in [-0.1, -0.05) is 12.1 Å². The second kappa shape index (κ2) is 8.14. The minimum absolute atomic E-state index is 0.129. The van der Waals surface area contributed by atoms with Crippen molar-refractivity contribution >= 4 is 16.0 Å². The monoisotopic (exact) mass is 440 g/mol. The van der Waals surface area contributed by atoms with Crippen molar-refractivity contribution in [1.29, 1.82) is 0 Å². The van der Waals surface area contributed by atoms with Gasteiger partial charge in [-0.15, -0.1) is 10.2 Å². The van der Waals surface area contributed by atoms with Crippen molar-refractivity contribution in [1.82, 2.24) is 20.1 Å². The number of hydrogen-bond donors (Lipinski definition) is 1. The molecular formula is C22H24N4O4S. The van der Waals surface area contributed by atoms with E-state index in [0.717, 1.165) is 30.1 Å². The van der Waals surface area contributed by atoms with Crippen molar-refractivity contribution in [2.24, 2.45) is 0 Å². The van der Waals surface area contributed by atoms with Crippen molar-refractivity contribution in [3.8, 4) is 5.75 Å². The molecule has 2 aromatic carbocycles. The number of aromatic nitrogens is 3. The summed E-state index contributed by atoms with van der Waals surface area (Å²) in [5.74, 6) is 1.43. The van der Waals surface area contributed by atoms with E-state index in [0.29, 0.717) is 17.2 Å². The van der Waals surface area contributed by atoms with E-state index in [2.05, 4.69) is 20.1 Å². The summed E-state index contributed by atoms with van der Waals surface area (Å²) in [5.41, 5.74) is 1.83. The maximum atomic E-state index is 12.6. The Morgan fingerprint density at radius 1 is 1.10 bits per heavy atom. The topological polar surface area (TPSA) is 103 Å². The van der Waals surface area contributed by atoms with Gasteiger partial charge in [0.25, 0.3) is 5.91 Å². The van der Waals surface area contributed by atoms with E-state index in [9.17, 15) is 13.2 Å². The van der Waals surface area contributed by atoms with Gasteiger partial charge in [0.05, 0.1) is 6.54 Å². The van der Waals surface area contributed by atoms with Gasteiger partial charge in [-0.2, -0.15) is 8.42 Å². The maximum absolute atomic E-state index is 12.6. The molecule has 1 N–H and O–H groups in total.